The molecule has 0 heterocycles. The number of imide groups is 1. The van der Waals surface area contributed by atoms with Crippen LogP contribution in [0, 0.1) is 6.92 Å². The summed E-state index contributed by atoms with van der Waals surface area (Å²) in [6, 6.07) is 18.6. The molecule has 1 unspecified atom stereocenters. The minimum absolute atomic E-state index is 0.170. The van der Waals surface area contributed by atoms with Crippen LogP contribution in [0.3, 0.4) is 0 Å². The molecule has 0 bridgehead atoms. The molecule has 0 aliphatic rings. The minimum atomic E-state index is -0.650. The van der Waals surface area contributed by atoms with Gasteiger partial charge in [0.2, 0.25) is 0 Å². The van der Waals surface area contributed by atoms with E-state index in [1.165, 1.54) is 0 Å². The molecule has 3 aromatic rings. The normalized spacial score (nSPS) is 11.5. The molecule has 0 aromatic heterocycles. The van der Waals surface area contributed by atoms with Crippen molar-refractivity contribution in [3.8, 4) is 5.75 Å². The molecule has 0 spiro atoms. The molecule has 0 fully saturated rings. The Morgan fingerprint density at radius 1 is 0.967 bits per heavy atom. The molecular formula is C23H20Cl2N2O3. The Kier molecular flexibility index (Phi) is 6.98. The van der Waals surface area contributed by atoms with E-state index in [1.54, 1.807) is 42.5 Å². The van der Waals surface area contributed by atoms with Gasteiger partial charge in [0.25, 0.3) is 5.91 Å². The lowest BCUT2D eigenvalue weighted by atomic mass is 10.1. The van der Waals surface area contributed by atoms with Crippen LogP contribution < -0.4 is 15.4 Å². The van der Waals surface area contributed by atoms with Gasteiger partial charge < -0.3 is 10.1 Å². The number of rotatable bonds is 5. The average Bonchev–Trinajstić information content (AvgIpc) is 2.70. The zero-order valence-electron chi connectivity index (χ0n) is 16.4. The van der Waals surface area contributed by atoms with E-state index in [1.807, 2.05) is 38.1 Å². The van der Waals surface area contributed by atoms with Crippen molar-refractivity contribution < 1.29 is 14.3 Å². The molecule has 3 aromatic carbocycles. The summed E-state index contributed by atoms with van der Waals surface area (Å²) in [4.78, 5) is 24.3. The van der Waals surface area contributed by atoms with E-state index in [4.69, 9.17) is 27.9 Å². The van der Waals surface area contributed by atoms with Gasteiger partial charge in [-0.2, -0.15) is 0 Å². The summed E-state index contributed by atoms with van der Waals surface area (Å²) < 4.78 is 6.03. The van der Waals surface area contributed by atoms with Gasteiger partial charge >= 0.3 is 6.03 Å². The highest BCUT2D eigenvalue weighted by molar-refractivity contribution is 6.34. The van der Waals surface area contributed by atoms with Gasteiger partial charge in [-0.05, 0) is 67.4 Å². The molecule has 2 N–H and O–H groups in total. The van der Waals surface area contributed by atoms with Gasteiger partial charge in [-0.1, -0.05) is 47.5 Å². The molecule has 3 amide bonds. The first-order valence-electron chi connectivity index (χ1n) is 9.23. The maximum atomic E-state index is 12.2. The maximum absolute atomic E-state index is 12.2. The third-order valence-electron chi connectivity index (χ3n) is 4.42. The molecule has 0 aliphatic carbocycles. The average molecular weight is 443 g/mol. The Labute approximate surface area is 185 Å². The zero-order chi connectivity index (χ0) is 21.7. The number of hydrogen-bond donors (Lipinski definition) is 2. The van der Waals surface area contributed by atoms with Gasteiger partial charge in [0.1, 0.15) is 11.9 Å². The molecule has 154 valence electrons. The number of amides is 3. The topological polar surface area (TPSA) is 67.4 Å². The van der Waals surface area contributed by atoms with Crippen LogP contribution in [0.4, 0.5) is 10.5 Å². The fourth-order valence-corrected chi connectivity index (χ4v) is 3.18. The number of halogens is 2. The number of urea groups is 1. The molecule has 5 nitrogen and oxygen atoms in total. The van der Waals surface area contributed by atoms with E-state index < -0.39 is 11.9 Å². The van der Waals surface area contributed by atoms with Crippen LogP contribution in [0.25, 0.3) is 0 Å². The third-order valence-corrected chi connectivity index (χ3v) is 5.00. The molecule has 0 saturated heterocycles. The highest BCUT2D eigenvalue weighted by atomic mass is 35.5. The smallest absolute Gasteiger partial charge is 0.326 e. The number of carbonyl (C=O) groups excluding carboxylic acids is 2. The highest BCUT2D eigenvalue weighted by Gasteiger charge is 2.14. The lowest BCUT2D eigenvalue weighted by Crippen LogP contribution is -2.34. The molecule has 0 radical (unpaired) electrons. The summed E-state index contributed by atoms with van der Waals surface area (Å²) in [5, 5.41) is 5.84. The van der Waals surface area contributed by atoms with Gasteiger partial charge in [0.15, 0.2) is 0 Å². The van der Waals surface area contributed by atoms with E-state index in [9.17, 15) is 9.59 Å². The summed E-state index contributed by atoms with van der Waals surface area (Å²) >= 11 is 11.9. The summed E-state index contributed by atoms with van der Waals surface area (Å²) in [6.45, 7) is 3.82. The van der Waals surface area contributed by atoms with E-state index in [0.717, 1.165) is 11.1 Å². The SMILES string of the molecule is Cc1cc(NC(=O)NC(=O)c2ccccc2Cl)ccc1OC(C)c1ccc(Cl)cc1. The van der Waals surface area contributed by atoms with Crippen molar-refractivity contribution in [2.75, 3.05) is 5.32 Å². The predicted molar refractivity (Wildman–Crippen MR) is 120 cm³/mol. The fourth-order valence-electron chi connectivity index (χ4n) is 2.83. The monoisotopic (exact) mass is 442 g/mol. The van der Waals surface area contributed by atoms with Crippen LogP contribution in [0.15, 0.2) is 66.7 Å². The van der Waals surface area contributed by atoms with Crippen LogP contribution in [0.1, 0.15) is 34.5 Å². The lowest BCUT2D eigenvalue weighted by Gasteiger charge is -2.17. The fraction of sp³-hybridized carbons (Fsp3) is 0.130. The predicted octanol–water partition coefficient (Wildman–Crippen LogP) is 6.40. The lowest BCUT2D eigenvalue weighted by molar-refractivity contribution is 0.0967. The number of anilines is 1. The quantitative estimate of drug-likeness (QED) is 0.479. The second-order valence-corrected chi connectivity index (χ2v) is 7.52. The number of carbonyl (C=O) groups is 2. The standard InChI is InChI=1S/C23H20Cl2N2O3/c1-14-13-18(26-23(29)27-22(28)19-5-3-4-6-20(19)25)11-12-21(14)30-15(2)16-7-9-17(24)10-8-16/h3-13,15H,1-2H3,(H2,26,27,28,29). The summed E-state index contributed by atoms with van der Waals surface area (Å²) in [5.74, 6) is 0.113. The number of aryl methyl sites for hydroxylation is 1. The van der Waals surface area contributed by atoms with Crippen LogP contribution in [-0.4, -0.2) is 11.9 Å². The third kappa shape index (κ3) is 5.53. The second-order valence-electron chi connectivity index (χ2n) is 6.68. The first-order chi connectivity index (χ1) is 14.3. The van der Waals surface area contributed by atoms with Gasteiger partial charge in [-0.15, -0.1) is 0 Å². The van der Waals surface area contributed by atoms with Gasteiger partial charge in [0, 0.05) is 10.7 Å². The Balaban J connectivity index is 1.62. The van der Waals surface area contributed by atoms with Crippen LogP contribution in [0.5, 0.6) is 5.75 Å². The van der Waals surface area contributed by atoms with E-state index in [-0.39, 0.29) is 16.7 Å². The number of benzene rings is 3. The van der Waals surface area contributed by atoms with Crippen molar-refractivity contribution in [1.29, 1.82) is 0 Å². The van der Waals surface area contributed by atoms with Crippen molar-refractivity contribution in [2.45, 2.75) is 20.0 Å². The number of nitrogens with one attached hydrogen (secondary N) is 2. The van der Waals surface area contributed by atoms with Crippen LogP contribution in [-0.2, 0) is 0 Å². The molecule has 0 aliphatic heterocycles. The van der Waals surface area contributed by atoms with Gasteiger partial charge in [-0.3, -0.25) is 10.1 Å². The molecular weight excluding hydrogens is 423 g/mol. The summed E-state index contributed by atoms with van der Waals surface area (Å²) in [5.41, 5.74) is 2.60. The first-order valence-corrected chi connectivity index (χ1v) is 9.98. The number of ether oxygens (including phenoxy) is 1. The van der Waals surface area contributed by atoms with Crippen LogP contribution in [0.2, 0.25) is 10.0 Å². The van der Waals surface area contributed by atoms with Crippen LogP contribution >= 0.6 is 23.2 Å². The molecule has 3 rings (SSSR count). The number of hydrogen-bond acceptors (Lipinski definition) is 3. The highest BCUT2D eigenvalue weighted by Crippen LogP contribution is 2.28. The molecule has 7 heteroatoms. The molecule has 30 heavy (non-hydrogen) atoms. The van der Waals surface area contributed by atoms with Crippen molar-refractivity contribution in [1.82, 2.24) is 5.32 Å². The van der Waals surface area contributed by atoms with Crippen molar-refractivity contribution in [2.24, 2.45) is 0 Å². The first kappa shape index (κ1) is 21.7. The maximum Gasteiger partial charge on any atom is 0.326 e. The molecule has 1 atom stereocenters. The van der Waals surface area contributed by atoms with Crippen molar-refractivity contribution in [3.05, 3.63) is 93.5 Å². The zero-order valence-corrected chi connectivity index (χ0v) is 17.9. The minimum Gasteiger partial charge on any atom is -0.486 e. The summed E-state index contributed by atoms with van der Waals surface area (Å²) in [7, 11) is 0. The summed E-state index contributed by atoms with van der Waals surface area (Å²) in [6.07, 6.45) is -0.170. The van der Waals surface area contributed by atoms with E-state index in [0.29, 0.717) is 16.5 Å². The van der Waals surface area contributed by atoms with Gasteiger partial charge in [-0.25, -0.2) is 4.79 Å². The largest absolute Gasteiger partial charge is 0.486 e. The molecule has 0 saturated carbocycles. The van der Waals surface area contributed by atoms with Crippen molar-refractivity contribution in [3.63, 3.8) is 0 Å². The Hall–Kier alpha value is -3.02. The second kappa shape index (κ2) is 9.65. The Morgan fingerprint density at radius 2 is 1.67 bits per heavy atom. The van der Waals surface area contributed by atoms with Gasteiger partial charge in [0.05, 0.1) is 10.6 Å². The Morgan fingerprint density at radius 3 is 2.33 bits per heavy atom. The van der Waals surface area contributed by atoms with Crippen molar-refractivity contribution >= 4 is 40.8 Å². The van der Waals surface area contributed by atoms with E-state index >= 15 is 0 Å². The van der Waals surface area contributed by atoms with E-state index in [2.05, 4.69) is 10.6 Å². The Bertz CT molecular complexity index is 1070.